The maximum Gasteiger partial charge on any atom is 0.119 e. The van der Waals surface area contributed by atoms with Crippen LogP contribution in [0.3, 0.4) is 0 Å². The molecule has 1 heterocycles. The highest BCUT2D eigenvalue weighted by Gasteiger charge is 2.23. The second-order valence-electron chi connectivity index (χ2n) is 5.40. The lowest BCUT2D eigenvalue weighted by Crippen LogP contribution is -2.41. The summed E-state index contributed by atoms with van der Waals surface area (Å²) in [7, 11) is 1.75. The summed E-state index contributed by atoms with van der Waals surface area (Å²) < 4.78 is 5.32. The molecule has 2 aliphatic rings. The Balaban J connectivity index is 1.69. The van der Waals surface area contributed by atoms with Crippen LogP contribution in [-0.4, -0.2) is 31.6 Å². The van der Waals surface area contributed by atoms with E-state index in [0.29, 0.717) is 0 Å². The number of methoxy groups -OCH3 is 1. The zero-order chi connectivity index (χ0) is 11.7. The zero-order valence-corrected chi connectivity index (χ0v) is 10.6. The smallest absolute Gasteiger partial charge is 0.119 e. The average Bonchev–Trinajstić information content (AvgIpc) is 2.33. The number of rotatable bonds is 3. The summed E-state index contributed by atoms with van der Waals surface area (Å²) in [5.74, 6) is 1.86. The number of ether oxygens (including phenoxy) is 1. The zero-order valence-electron chi connectivity index (χ0n) is 10.6. The van der Waals surface area contributed by atoms with E-state index in [1.54, 1.807) is 7.11 Å². The van der Waals surface area contributed by atoms with Crippen LogP contribution in [0.25, 0.3) is 0 Å². The molecule has 3 rings (SSSR count). The summed E-state index contributed by atoms with van der Waals surface area (Å²) in [6.07, 6.45) is 5.24. The van der Waals surface area contributed by atoms with Gasteiger partial charge >= 0.3 is 0 Å². The Kier molecular flexibility index (Phi) is 3.06. The van der Waals surface area contributed by atoms with Crippen LogP contribution in [0, 0.1) is 5.92 Å². The van der Waals surface area contributed by atoms with Gasteiger partial charge in [0, 0.05) is 6.54 Å². The molecule has 0 amide bonds. The maximum absolute atomic E-state index is 5.32. The van der Waals surface area contributed by atoms with E-state index in [1.165, 1.54) is 56.4 Å². The van der Waals surface area contributed by atoms with Gasteiger partial charge in [0.05, 0.1) is 7.11 Å². The SMILES string of the molecule is COc1ccc2c(c1)C[C@@H](CN1CCC1)CC2. The van der Waals surface area contributed by atoms with Crippen molar-refractivity contribution < 1.29 is 4.74 Å². The molecule has 1 aliphatic heterocycles. The van der Waals surface area contributed by atoms with Crippen molar-refractivity contribution in [3.63, 3.8) is 0 Å². The fourth-order valence-electron chi connectivity index (χ4n) is 3.02. The van der Waals surface area contributed by atoms with Gasteiger partial charge in [0.1, 0.15) is 5.75 Å². The second-order valence-corrected chi connectivity index (χ2v) is 5.40. The maximum atomic E-state index is 5.32. The van der Waals surface area contributed by atoms with Gasteiger partial charge in [-0.25, -0.2) is 0 Å². The molecule has 0 radical (unpaired) electrons. The van der Waals surface area contributed by atoms with Gasteiger partial charge in [-0.2, -0.15) is 0 Å². The molecule has 92 valence electrons. The van der Waals surface area contributed by atoms with Gasteiger partial charge in [-0.1, -0.05) is 6.07 Å². The number of hydrogen-bond donors (Lipinski definition) is 0. The summed E-state index contributed by atoms with van der Waals surface area (Å²) in [4.78, 5) is 2.59. The Bertz CT molecular complexity index is 398. The largest absolute Gasteiger partial charge is 0.497 e. The molecule has 1 aromatic rings. The first kappa shape index (κ1) is 11.1. The predicted molar refractivity (Wildman–Crippen MR) is 69.6 cm³/mol. The molecule has 0 bridgehead atoms. The van der Waals surface area contributed by atoms with Crippen LogP contribution in [-0.2, 0) is 12.8 Å². The Morgan fingerprint density at radius 3 is 2.88 bits per heavy atom. The summed E-state index contributed by atoms with van der Waals surface area (Å²) in [5, 5.41) is 0. The third kappa shape index (κ3) is 2.32. The molecule has 1 aliphatic carbocycles. The van der Waals surface area contributed by atoms with Gasteiger partial charge in [0.2, 0.25) is 0 Å². The fourth-order valence-corrected chi connectivity index (χ4v) is 3.02. The Hall–Kier alpha value is -1.02. The predicted octanol–water partition coefficient (Wildman–Crippen LogP) is 2.51. The van der Waals surface area contributed by atoms with Gasteiger partial charge in [-0.05, 0) is 68.0 Å². The van der Waals surface area contributed by atoms with Gasteiger partial charge in [0.25, 0.3) is 0 Å². The van der Waals surface area contributed by atoms with Gasteiger partial charge < -0.3 is 9.64 Å². The highest BCUT2D eigenvalue weighted by atomic mass is 16.5. The van der Waals surface area contributed by atoms with Crippen LogP contribution in [0.1, 0.15) is 24.0 Å². The quantitative estimate of drug-likeness (QED) is 0.792. The average molecular weight is 231 g/mol. The number of benzene rings is 1. The first-order valence-electron chi connectivity index (χ1n) is 6.73. The first-order valence-corrected chi connectivity index (χ1v) is 6.73. The molecule has 1 atom stereocenters. The van der Waals surface area contributed by atoms with Crippen molar-refractivity contribution in [3.05, 3.63) is 29.3 Å². The molecule has 0 spiro atoms. The van der Waals surface area contributed by atoms with Crippen molar-refractivity contribution in [2.45, 2.75) is 25.7 Å². The van der Waals surface area contributed by atoms with E-state index in [1.807, 2.05) is 0 Å². The monoisotopic (exact) mass is 231 g/mol. The van der Waals surface area contributed by atoms with Gasteiger partial charge in [-0.15, -0.1) is 0 Å². The van der Waals surface area contributed by atoms with E-state index in [4.69, 9.17) is 4.74 Å². The third-order valence-electron chi connectivity index (χ3n) is 4.21. The second kappa shape index (κ2) is 4.69. The van der Waals surface area contributed by atoms with Crippen molar-refractivity contribution in [2.75, 3.05) is 26.7 Å². The van der Waals surface area contributed by atoms with Crippen LogP contribution in [0.4, 0.5) is 0 Å². The lowest BCUT2D eigenvalue weighted by molar-refractivity contribution is 0.146. The Morgan fingerprint density at radius 2 is 2.18 bits per heavy atom. The number of likely N-dealkylation sites (tertiary alicyclic amines) is 1. The molecule has 0 N–H and O–H groups in total. The van der Waals surface area contributed by atoms with Crippen molar-refractivity contribution in [1.29, 1.82) is 0 Å². The normalized spacial score (nSPS) is 23.9. The number of aryl methyl sites for hydroxylation is 1. The molecular formula is C15H21NO. The summed E-state index contributed by atoms with van der Waals surface area (Å²) >= 11 is 0. The molecule has 17 heavy (non-hydrogen) atoms. The number of nitrogens with zero attached hydrogens (tertiary/aromatic N) is 1. The minimum absolute atomic E-state index is 0.856. The standard InChI is InChI=1S/C15H21NO/c1-17-15-6-5-13-4-3-12(9-14(13)10-15)11-16-7-2-8-16/h5-6,10,12H,2-4,7-9,11H2,1H3/t12-/m0/s1. The molecule has 2 heteroatoms. The van der Waals surface area contributed by atoms with E-state index in [9.17, 15) is 0 Å². The Labute approximate surface area is 104 Å². The van der Waals surface area contributed by atoms with Crippen molar-refractivity contribution >= 4 is 0 Å². The summed E-state index contributed by atoms with van der Waals surface area (Å²) in [6.45, 7) is 3.94. The lowest BCUT2D eigenvalue weighted by atomic mass is 9.83. The van der Waals surface area contributed by atoms with Crippen molar-refractivity contribution in [1.82, 2.24) is 4.90 Å². The lowest BCUT2D eigenvalue weighted by Gasteiger charge is -2.36. The van der Waals surface area contributed by atoms with Gasteiger partial charge in [-0.3, -0.25) is 0 Å². The minimum Gasteiger partial charge on any atom is -0.497 e. The van der Waals surface area contributed by atoms with Crippen LogP contribution < -0.4 is 4.74 Å². The number of hydrogen-bond acceptors (Lipinski definition) is 2. The van der Waals surface area contributed by atoms with E-state index in [0.717, 1.165) is 11.7 Å². The van der Waals surface area contributed by atoms with Crippen molar-refractivity contribution in [2.24, 2.45) is 5.92 Å². The van der Waals surface area contributed by atoms with Crippen LogP contribution in [0.5, 0.6) is 5.75 Å². The molecule has 0 unspecified atom stereocenters. The van der Waals surface area contributed by atoms with E-state index < -0.39 is 0 Å². The number of fused-ring (bicyclic) bond motifs is 1. The van der Waals surface area contributed by atoms with Gasteiger partial charge in [0.15, 0.2) is 0 Å². The highest BCUT2D eigenvalue weighted by molar-refractivity contribution is 5.37. The van der Waals surface area contributed by atoms with Crippen LogP contribution in [0.15, 0.2) is 18.2 Å². The molecule has 1 aromatic carbocycles. The molecule has 0 saturated carbocycles. The van der Waals surface area contributed by atoms with Crippen molar-refractivity contribution in [3.8, 4) is 5.75 Å². The molecule has 1 fully saturated rings. The van der Waals surface area contributed by atoms with Crippen LogP contribution in [0.2, 0.25) is 0 Å². The topological polar surface area (TPSA) is 12.5 Å². The third-order valence-corrected chi connectivity index (χ3v) is 4.21. The highest BCUT2D eigenvalue weighted by Crippen LogP contribution is 2.29. The summed E-state index contributed by atoms with van der Waals surface area (Å²) in [6, 6.07) is 6.57. The minimum atomic E-state index is 0.856. The van der Waals surface area contributed by atoms with E-state index in [2.05, 4.69) is 23.1 Å². The fraction of sp³-hybridized carbons (Fsp3) is 0.600. The molecular weight excluding hydrogens is 210 g/mol. The van der Waals surface area contributed by atoms with E-state index >= 15 is 0 Å². The van der Waals surface area contributed by atoms with Crippen LogP contribution >= 0.6 is 0 Å². The first-order chi connectivity index (χ1) is 8.35. The van der Waals surface area contributed by atoms with E-state index in [-0.39, 0.29) is 0 Å². The molecule has 0 aromatic heterocycles. The Morgan fingerprint density at radius 1 is 1.29 bits per heavy atom. The summed E-state index contributed by atoms with van der Waals surface area (Å²) in [5.41, 5.74) is 3.05. The molecule has 1 saturated heterocycles. The molecule has 2 nitrogen and oxygen atoms in total.